The Balaban J connectivity index is 1.45. The molecule has 0 aromatic carbocycles. The zero-order valence-corrected chi connectivity index (χ0v) is 18.4. The van der Waals surface area contributed by atoms with Gasteiger partial charge in [-0.25, -0.2) is 9.97 Å². The summed E-state index contributed by atoms with van der Waals surface area (Å²) in [6.45, 7) is 4.21. The van der Waals surface area contributed by atoms with Crippen LogP contribution in [0.25, 0.3) is 11.0 Å². The smallest absolute Gasteiger partial charge is 0.258 e. The molecule has 0 radical (unpaired) electrons. The molecule has 5 rings (SSSR count). The van der Waals surface area contributed by atoms with Crippen molar-refractivity contribution in [3.05, 3.63) is 46.5 Å². The van der Waals surface area contributed by atoms with Gasteiger partial charge < -0.3 is 20.3 Å². The molecule has 2 fully saturated rings. The molecule has 0 amide bonds. The molecule has 0 spiro atoms. The number of fused-ring (bicyclic) bond motifs is 1. The van der Waals surface area contributed by atoms with Crippen LogP contribution in [0, 0.1) is 0 Å². The Morgan fingerprint density at radius 2 is 1.97 bits per heavy atom. The third kappa shape index (κ3) is 4.18. The van der Waals surface area contributed by atoms with E-state index >= 15 is 0 Å². The zero-order chi connectivity index (χ0) is 21.9. The predicted molar refractivity (Wildman–Crippen MR) is 125 cm³/mol. The van der Waals surface area contributed by atoms with Gasteiger partial charge in [0.2, 0.25) is 5.95 Å². The van der Waals surface area contributed by atoms with Gasteiger partial charge in [0.15, 0.2) is 0 Å². The van der Waals surface area contributed by atoms with E-state index in [1.54, 1.807) is 13.3 Å². The van der Waals surface area contributed by atoms with Crippen LogP contribution in [0.2, 0.25) is 0 Å². The molecule has 2 N–H and O–H groups in total. The van der Waals surface area contributed by atoms with Gasteiger partial charge in [-0.05, 0) is 31.0 Å². The van der Waals surface area contributed by atoms with Crippen LogP contribution in [0.5, 0.6) is 0 Å². The van der Waals surface area contributed by atoms with Crippen molar-refractivity contribution < 1.29 is 4.74 Å². The Morgan fingerprint density at radius 1 is 1.16 bits per heavy atom. The van der Waals surface area contributed by atoms with E-state index in [0.717, 1.165) is 62.9 Å². The van der Waals surface area contributed by atoms with Crippen molar-refractivity contribution in [1.29, 1.82) is 0 Å². The van der Waals surface area contributed by atoms with Crippen LogP contribution in [-0.2, 0) is 11.3 Å². The molecule has 4 heterocycles. The summed E-state index contributed by atoms with van der Waals surface area (Å²) in [5.74, 6) is 1.11. The number of nitrogens with zero attached hydrogens (tertiary/aromatic N) is 5. The summed E-state index contributed by atoms with van der Waals surface area (Å²) in [4.78, 5) is 29.3. The lowest BCUT2D eigenvalue weighted by Crippen LogP contribution is -2.43. The van der Waals surface area contributed by atoms with Gasteiger partial charge in [0, 0.05) is 56.5 Å². The van der Waals surface area contributed by atoms with E-state index in [9.17, 15) is 4.79 Å². The normalized spacial score (nSPS) is 17.2. The van der Waals surface area contributed by atoms with E-state index in [1.165, 1.54) is 0 Å². The van der Waals surface area contributed by atoms with Crippen molar-refractivity contribution in [2.45, 2.75) is 38.3 Å². The van der Waals surface area contributed by atoms with Crippen molar-refractivity contribution >= 4 is 28.5 Å². The molecule has 0 atom stereocenters. The van der Waals surface area contributed by atoms with Crippen LogP contribution in [-0.4, -0.2) is 52.8 Å². The summed E-state index contributed by atoms with van der Waals surface area (Å²) in [7, 11) is 1.60. The zero-order valence-electron chi connectivity index (χ0n) is 18.4. The topological polar surface area (TPSA) is 97.2 Å². The van der Waals surface area contributed by atoms with Crippen LogP contribution in [0.3, 0.4) is 0 Å². The molecular formula is C23H29N7O2. The van der Waals surface area contributed by atoms with Crippen LogP contribution in [0.4, 0.5) is 17.5 Å². The molecule has 3 aromatic rings. The summed E-state index contributed by atoms with van der Waals surface area (Å²) in [5.41, 5.74) is 2.39. The Morgan fingerprint density at radius 3 is 2.69 bits per heavy atom. The minimum atomic E-state index is -0.0191. The molecule has 9 nitrogen and oxygen atoms in total. The lowest BCUT2D eigenvalue weighted by Gasteiger charge is -2.29. The highest BCUT2D eigenvalue weighted by molar-refractivity contribution is 5.76. The highest BCUT2D eigenvalue weighted by Gasteiger charge is 2.22. The van der Waals surface area contributed by atoms with Gasteiger partial charge in [-0.15, -0.1) is 0 Å². The van der Waals surface area contributed by atoms with Crippen molar-refractivity contribution in [2.75, 3.05) is 43.5 Å². The number of aromatic nitrogens is 4. The minimum Gasteiger partial charge on any atom is -0.380 e. The van der Waals surface area contributed by atoms with Crippen molar-refractivity contribution in [1.82, 2.24) is 24.8 Å². The molecule has 2 aliphatic rings. The Labute approximate surface area is 186 Å². The van der Waals surface area contributed by atoms with E-state index in [0.29, 0.717) is 23.0 Å². The van der Waals surface area contributed by atoms with Crippen LogP contribution in [0.1, 0.15) is 37.3 Å². The summed E-state index contributed by atoms with van der Waals surface area (Å²) >= 11 is 0. The second-order valence-electron chi connectivity index (χ2n) is 8.45. The number of piperazine rings is 1. The van der Waals surface area contributed by atoms with Gasteiger partial charge in [0.25, 0.3) is 5.56 Å². The molecule has 1 aliphatic carbocycles. The third-order valence-corrected chi connectivity index (χ3v) is 6.31. The van der Waals surface area contributed by atoms with E-state index in [2.05, 4.69) is 31.6 Å². The molecule has 1 aliphatic heterocycles. The fourth-order valence-electron chi connectivity index (χ4n) is 4.68. The number of rotatable bonds is 6. The summed E-state index contributed by atoms with van der Waals surface area (Å²) < 4.78 is 7.10. The predicted octanol–water partition coefficient (Wildman–Crippen LogP) is 2.60. The van der Waals surface area contributed by atoms with Crippen molar-refractivity contribution in [3.63, 3.8) is 0 Å². The van der Waals surface area contributed by atoms with Crippen LogP contribution in [0.15, 0.2) is 35.4 Å². The third-order valence-electron chi connectivity index (χ3n) is 6.31. The minimum absolute atomic E-state index is 0.0191. The lowest BCUT2D eigenvalue weighted by atomic mass is 10.2. The van der Waals surface area contributed by atoms with Gasteiger partial charge in [0.05, 0.1) is 18.5 Å². The maximum absolute atomic E-state index is 13.2. The first kappa shape index (κ1) is 20.8. The molecule has 0 unspecified atom stereocenters. The molecule has 1 saturated heterocycles. The van der Waals surface area contributed by atoms with E-state index in [-0.39, 0.29) is 18.2 Å². The van der Waals surface area contributed by atoms with Gasteiger partial charge in [-0.2, -0.15) is 4.98 Å². The number of methoxy groups -OCH3 is 1. The van der Waals surface area contributed by atoms with E-state index < -0.39 is 0 Å². The summed E-state index contributed by atoms with van der Waals surface area (Å²) in [6.07, 6.45) is 7.89. The molecular weight excluding hydrogens is 406 g/mol. The maximum atomic E-state index is 13.2. The van der Waals surface area contributed by atoms with Crippen LogP contribution >= 0.6 is 0 Å². The standard InChI is InChI=1S/C23H29N7O2/c1-32-15-17-12-16-13-26-23(28-21(16)30(22(17)31)18-4-2-3-5-18)27-20-7-6-19(14-25-20)29-10-8-24-9-11-29/h6-7,12-14,18,24H,2-5,8-11,15H2,1H3,(H,25,26,27,28). The maximum Gasteiger partial charge on any atom is 0.258 e. The largest absolute Gasteiger partial charge is 0.380 e. The SMILES string of the molecule is COCc1cc2cnc(Nc3ccc(N4CCNCC4)cn3)nc2n(C2CCCC2)c1=O. The van der Waals surface area contributed by atoms with Gasteiger partial charge >= 0.3 is 0 Å². The first-order chi connectivity index (χ1) is 15.7. The van der Waals surface area contributed by atoms with Gasteiger partial charge in [-0.1, -0.05) is 12.8 Å². The number of anilines is 3. The number of nitrogens with one attached hydrogen (secondary N) is 2. The molecule has 9 heteroatoms. The highest BCUT2D eigenvalue weighted by Crippen LogP contribution is 2.31. The summed E-state index contributed by atoms with van der Waals surface area (Å²) in [5, 5.41) is 7.40. The van der Waals surface area contributed by atoms with Crippen molar-refractivity contribution in [3.8, 4) is 0 Å². The number of hydrogen-bond acceptors (Lipinski definition) is 8. The Kier molecular flexibility index (Phi) is 6.00. The van der Waals surface area contributed by atoms with Gasteiger partial charge in [0.1, 0.15) is 11.5 Å². The first-order valence-corrected chi connectivity index (χ1v) is 11.3. The Bertz CT molecular complexity index is 1130. The second kappa shape index (κ2) is 9.22. The number of pyridine rings is 2. The fraction of sp³-hybridized carbons (Fsp3) is 0.478. The van der Waals surface area contributed by atoms with Gasteiger partial charge in [-0.3, -0.25) is 9.36 Å². The monoisotopic (exact) mass is 435 g/mol. The molecule has 0 bridgehead atoms. The molecule has 1 saturated carbocycles. The Hall–Kier alpha value is -3.04. The quantitative estimate of drug-likeness (QED) is 0.610. The average Bonchev–Trinajstić information content (AvgIpc) is 3.35. The number of hydrogen-bond donors (Lipinski definition) is 2. The lowest BCUT2D eigenvalue weighted by molar-refractivity contribution is 0.183. The average molecular weight is 436 g/mol. The second-order valence-corrected chi connectivity index (χ2v) is 8.45. The molecule has 168 valence electrons. The summed E-state index contributed by atoms with van der Waals surface area (Å²) in [6, 6.07) is 6.02. The van der Waals surface area contributed by atoms with E-state index in [1.807, 2.05) is 22.9 Å². The van der Waals surface area contributed by atoms with Crippen molar-refractivity contribution in [2.24, 2.45) is 0 Å². The number of ether oxygens (including phenoxy) is 1. The fourth-order valence-corrected chi connectivity index (χ4v) is 4.68. The molecule has 3 aromatic heterocycles. The highest BCUT2D eigenvalue weighted by atomic mass is 16.5. The van der Waals surface area contributed by atoms with Crippen LogP contribution < -0.4 is 21.1 Å². The first-order valence-electron chi connectivity index (χ1n) is 11.3. The van der Waals surface area contributed by atoms with E-state index in [4.69, 9.17) is 9.72 Å². The molecule has 32 heavy (non-hydrogen) atoms.